The summed E-state index contributed by atoms with van der Waals surface area (Å²) in [6.45, 7) is 8.14. The quantitative estimate of drug-likeness (QED) is 0.842. The van der Waals surface area contributed by atoms with E-state index in [4.69, 9.17) is 4.74 Å². The summed E-state index contributed by atoms with van der Waals surface area (Å²) in [6.07, 6.45) is 0.403. The van der Waals surface area contributed by atoms with Crippen LogP contribution in [0.15, 0.2) is 30.3 Å². The first-order chi connectivity index (χ1) is 11.5. The zero-order chi connectivity index (χ0) is 17.7. The van der Waals surface area contributed by atoms with E-state index in [0.29, 0.717) is 18.7 Å². The molecule has 0 fully saturated rings. The van der Waals surface area contributed by atoms with E-state index in [1.54, 1.807) is 6.92 Å². The second kappa shape index (κ2) is 7.97. The van der Waals surface area contributed by atoms with Gasteiger partial charge in [0.25, 0.3) is 0 Å². The van der Waals surface area contributed by atoms with E-state index in [9.17, 15) is 9.90 Å². The number of anilines is 1. The summed E-state index contributed by atoms with van der Waals surface area (Å²) in [6, 6.07) is 9.62. The summed E-state index contributed by atoms with van der Waals surface area (Å²) in [4.78, 5) is 11.7. The average molecular weight is 327 g/mol. The smallest absolute Gasteiger partial charge is 0.224 e. The summed E-state index contributed by atoms with van der Waals surface area (Å²) in [5, 5.41) is 12.5. The van der Waals surface area contributed by atoms with E-state index in [2.05, 4.69) is 25.2 Å². The molecule has 0 aliphatic rings. The van der Waals surface area contributed by atoms with Crippen molar-refractivity contribution < 1.29 is 14.6 Å². The number of aryl methyl sites for hydroxylation is 3. The second-order valence-electron chi connectivity index (χ2n) is 5.99. The molecule has 4 heteroatoms. The van der Waals surface area contributed by atoms with E-state index in [1.165, 1.54) is 11.1 Å². The Balaban J connectivity index is 2.28. The molecule has 4 nitrogen and oxygen atoms in total. The van der Waals surface area contributed by atoms with Gasteiger partial charge in [0.1, 0.15) is 12.4 Å². The van der Waals surface area contributed by atoms with Crippen LogP contribution in [0.2, 0.25) is 0 Å². The van der Waals surface area contributed by atoms with Gasteiger partial charge in [0.05, 0.1) is 6.61 Å². The minimum Gasteiger partial charge on any atom is -0.489 e. The largest absolute Gasteiger partial charge is 0.489 e. The molecule has 24 heavy (non-hydrogen) atoms. The third kappa shape index (κ3) is 4.15. The molecule has 2 N–H and O–H groups in total. The predicted octanol–water partition coefficient (Wildman–Crippen LogP) is 4.03. The highest BCUT2D eigenvalue weighted by molar-refractivity contribution is 5.91. The van der Waals surface area contributed by atoms with Crippen molar-refractivity contribution in [3.05, 3.63) is 58.1 Å². The van der Waals surface area contributed by atoms with Gasteiger partial charge < -0.3 is 15.2 Å². The van der Waals surface area contributed by atoms with Gasteiger partial charge in [0.2, 0.25) is 5.91 Å². The van der Waals surface area contributed by atoms with Crippen molar-refractivity contribution in [2.24, 2.45) is 0 Å². The lowest BCUT2D eigenvalue weighted by Crippen LogP contribution is -2.13. The molecular formula is C20H25NO3. The van der Waals surface area contributed by atoms with Crippen molar-refractivity contribution >= 4 is 11.6 Å². The van der Waals surface area contributed by atoms with Crippen LogP contribution in [0, 0.1) is 20.8 Å². The molecule has 0 spiro atoms. The molecule has 0 saturated heterocycles. The van der Waals surface area contributed by atoms with Gasteiger partial charge in [0, 0.05) is 17.7 Å². The average Bonchev–Trinajstić information content (AvgIpc) is 2.57. The van der Waals surface area contributed by atoms with E-state index in [0.717, 1.165) is 22.4 Å². The molecule has 128 valence electrons. The predicted molar refractivity (Wildman–Crippen MR) is 96.3 cm³/mol. The number of carbonyl (C=O) groups is 1. The summed E-state index contributed by atoms with van der Waals surface area (Å²) in [5.41, 5.74) is 5.72. The Bertz CT molecular complexity index is 738. The SMILES string of the molecule is CCC(=O)Nc1cccc(CO)c1COc1cc(C)c(C)cc1C. The highest BCUT2D eigenvalue weighted by Gasteiger charge is 2.12. The summed E-state index contributed by atoms with van der Waals surface area (Å²) >= 11 is 0. The maximum absolute atomic E-state index is 11.7. The maximum Gasteiger partial charge on any atom is 0.224 e. The van der Waals surface area contributed by atoms with Crippen LogP contribution in [0.4, 0.5) is 5.69 Å². The Morgan fingerprint density at radius 3 is 2.50 bits per heavy atom. The highest BCUT2D eigenvalue weighted by atomic mass is 16.5. The number of benzene rings is 2. The lowest BCUT2D eigenvalue weighted by atomic mass is 10.0. The van der Waals surface area contributed by atoms with Crippen molar-refractivity contribution in [1.82, 2.24) is 0 Å². The van der Waals surface area contributed by atoms with Crippen molar-refractivity contribution in [3.63, 3.8) is 0 Å². The number of carbonyl (C=O) groups excluding carboxylic acids is 1. The Labute approximate surface area is 143 Å². The van der Waals surface area contributed by atoms with Gasteiger partial charge in [-0.2, -0.15) is 0 Å². The van der Waals surface area contributed by atoms with Crippen LogP contribution >= 0.6 is 0 Å². The first-order valence-electron chi connectivity index (χ1n) is 8.18. The van der Waals surface area contributed by atoms with E-state index in [-0.39, 0.29) is 12.5 Å². The zero-order valence-corrected chi connectivity index (χ0v) is 14.8. The molecule has 2 aromatic carbocycles. The van der Waals surface area contributed by atoms with Crippen LogP contribution in [0.1, 0.15) is 41.2 Å². The standard InChI is InChI=1S/C20H25NO3/c1-5-20(23)21-18-8-6-7-16(11-22)17(18)12-24-19-10-14(3)13(2)9-15(19)4/h6-10,22H,5,11-12H2,1-4H3,(H,21,23). The van der Waals surface area contributed by atoms with Crippen LogP contribution in [-0.4, -0.2) is 11.0 Å². The van der Waals surface area contributed by atoms with E-state index in [1.807, 2.05) is 31.2 Å². The molecule has 1 amide bonds. The number of rotatable bonds is 6. The van der Waals surface area contributed by atoms with Gasteiger partial charge in [-0.25, -0.2) is 0 Å². The molecule has 0 heterocycles. The number of ether oxygens (including phenoxy) is 1. The minimum atomic E-state index is -0.0968. The molecule has 0 aliphatic carbocycles. The van der Waals surface area contributed by atoms with Gasteiger partial charge in [-0.15, -0.1) is 0 Å². The Kier molecular flexibility index (Phi) is 5.99. The monoisotopic (exact) mass is 327 g/mol. The van der Waals surface area contributed by atoms with Gasteiger partial charge in [-0.1, -0.05) is 25.1 Å². The van der Waals surface area contributed by atoms with Gasteiger partial charge in [0.15, 0.2) is 0 Å². The number of nitrogens with one attached hydrogen (secondary N) is 1. The van der Waals surface area contributed by atoms with E-state index >= 15 is 0 Å². The van der Waals surface area contributed by atoms with Crippen molar-refractivity contribution in [2.45, 2.75) is 47.3 Å². The number of aliphatic hydroxyl groups is 1. The highest BCUT2D eigenvalue weighted by Crippen LogP contribution is 2.26. The number of aliphatic hydroxyl groups excluding tert-OH is 1. The van der Waals surface area contributed by atoms with Gasteiger partial charge >= 0.3 is 0 Å². The van der Waals surface area contributed by atoms with Crippen LogP contribution in [-0.2, 0) is 18.0 Å². The third-order valence-electron chi connectivity index (χ3n) is 4.20. The zero-order valence-electron chi connectivity index (χ0n) is 14.8. The summed E-state index contributed by atoms with van der Waals surface area (Å²) in [5.74, 6) is 0.757. The lowest BCUT2D eigenvalue weighted by Gasteiger charge is -2.17. The molecule has 0 aliphatic heterocycles. The van der Waals surface area contributed by atoms with Gasteiger partial charge in [-0.3, -0.25) is 4.79 Å². The fraction of sp³-hybridized carbons (Fsp3) is 0.350. The van der Waals surface area contributed by atoms with Crippen LogP contribution in [0.25, 0.3) is 0 Å². The normalized spacial score (nSPS) is 10.5. The van der Waals surface area contributed by atoms with E-state index < -0.39 is 0 Å². The molecule has 0 atom stereocenters. The number of amides is 1. The second-order valence-corrected chi connectivity index (χ2v) is 5.99. The molecule has 0 unspecified atom stereocenters. The van der Waals surface area contributed by atoms with Crippen molar-refractivity contribution in [2.75, 3.05) is 5.32 Å². The molecule has 2 aromatic rings. The minimum absolute atomic E-state index is 0.0614. The Morgan fingerprint density at radius 2 is 1.83 bits per heavy atom. The topological polar surface area (TPSA) is 58.6 Å². The first-order valence-corrected chi connectivity index (χ1v) is 8.18. The van der Waals surface area contributed by atoms with Crippen LogP contribution in [0.5, 0.6) is 5.75 Å². The number of hydrogen-bond acceptors (Lipinski definition) is 3. The molecule has 2 rings (SSSR count). The third-order valence-corrected chi connectivity index (χ3v) is 4.20. The summed E-state index contributed by atoms with van der Waals surface area (Å²) in [7, 11) is 0. The van der Waals surface area contributed by atoms with Crippen molar-refractivity contribution in [1.29, 1.82) is 0 Å². The molecule has 0 saturated carbocycles. The van der Waals surface area contributed by atoms with Crippen molar-refractivity contribution in [3.8, 4) is 5.75 Å². The lowest BCUT2D eigenvalue weighted by molar-refractivity contribution is -0.115. The fourth-order valence-corrected chi connectivity index (χ4v) is 2.55. The first kappa shape index (κ1) is 18.0. The maximum atomic E-state index is 11.7. The molecule has 0 radical (unpaired) electrons. The van der Waals surface area contributed by atoms with Crippen LogP contribution in [0.3, 0.4) is 0 Å². The molecule has 0 aromatic heterocycles. The number of hydrogen-bond donors (Lipinski definition) is 2. The molecule has 0 bridgehead atoms. The van der Waals surface area contributed by atoms with Gasteiger partial charge in [-0.05, 0) is 55.2 Å². The molecular weight excluding hydrogens is 302 g/mol. The fourth-order valence-electron chi connectivity index (χ4n) is 2.55. The summed E-state index contributed by atoms with van der Waals surface area (Å²) < 4.78 is 5.99. The van der Waals surface area contributed by atoms with Crippen LogP contribution < -0.4 is 10.1 Å². The Hall–Kier alpha value is -2.33. The Morgan fingerprint density at radius 1 is 1.12 bits per heavy atom.